The molecule has 0 bridgehead atoms. The molecule has 0 radical (unpaired) electrons. The molecule has 1 fully saturated rings. The zero-order chi connectivity index (χ0) is 28.3. The van der Waals surface area contributed by atoms with Crippen LogP contribution in [-0.2, 0) is 17.6 Å². The first-order chi connectivity index (χ1) is 19.2. The van der Waals surface area contributed by atoms with E-state index in [0.29, 0.717) is 35.7 Å². The lowest BCUT2D eigenvalue weighted by Gasteiger charge is -2.26. The molecule has 40 heavy (non-hydrogen) atoms. The number of hydrogen-bond donors (Lipinski definition) is 1. The number of Topliss-reactive ketones (excluding diaryl/α,β-unsaturated/α-hetero) is 1. The number of alkyl halides is 3. The molecule has 1 aliphatic heterocycles. The number of aromatic nitrogens is 2. The fourth-order valence-corrected chi connectivity index (χ4v) is 5.45. The highest BCUT2D eigenvalue weighted by Crippen LogP contribution is 2.40. The predicted molar refractivity (Wildman–Crippen MR) is 145 cm³/mol. The van der Waals surface area contributed by atoms with Gasteiger partial charge < -0.3 is 15.0 Å². The van der Waals surface area contributed by atoms with Gasteiger partial charge in [-0.2, -0.15) is 13.2 Å². The highest BCUT2D eigenvalue weighted by Gasteiger charge is 2.39. The SMILES string of the molecule is COC(=O)c1ccc2c(c1)Cc1nc(Cc3cccc(C(=O)C(F)(F)F)c3)nc(NCCCN3CCCCC3)c1-2. The highest BCUT2D eigenvalue weighted by molar-refractivity contribution is 6.00. The minimum atomic E-state index is -4.94. The summed E-state index contributed by atoms with van der Waals surface area (Å²) in [6.45, 7) is 3.94. The van der Waals surface area contributed by atoms with E-state index < -0.39 is 23.5 Å². The highest BCUT2D eigenvalue weighted by atomic mass is 19.4. The van der Waals surface area contributed by atoms with Gasteiger partial charge in [0.15, 0.2) is 0 Å². The van der Waals surface area contributed by atoms with Crippen molar-refractivity contribution in [3.05, 3.63) is 76.2 Å². The molecule has 2 heterocycles. The molecule has 3 aromatic rings. The second-order valence-corrected chi connectivity index (χ2v) is 10.2. The molecule has 1 aromatic heterocycles. The van der Waals surface area contributed by atoms with Crippen molar-refractivity contribution in [2.75, 3.05) is 38.6 Å². The summed E-state index contributed by atoms with van der Waals surface area (Å²) in [5, 5.41) is 3.48. The molecule has 2 aromatic carbocycles. The monoisotopic (exact) mass is 552 g/mol. The normalized spacial score (nSPS) is 14.9. The summed E-state index contributed by atoms with van der Waals surface area (Å²) in [6, 6.07) is 10.9. The number of hydrogen-bond acceptors (Lipinski definition) is 7. The second-order valence-electron chi connectivity index (χ2n) is 10.2. The largest absolute Gasteiger partial charge is 0.465 e. The average Bonchev–Trinajstić information content (AvgIpc) is 3.32. The number of fused-ring (bicyclic) bond motifs is 3. The van der Waals surface area contributed by atoms with Crippen LogP contribution in [0.2, 0.25) is 0 Å². The first kappa shape index (κ1) is 27.8. The topological polar surface area (TPSA) is 84.4 Å². The number of nitrogens with one attached hydrogen (secondary N) is 1. The van der Waals surface area contributed by atoms with Crippen LogP contribution in [0.5, 0.6) is 0 Å². The summed E-state index contributed by atoms with van der Waals surface area (Å²) in [4.78, 5) is 35.9. The lowest BCUT2D eigenvalue weighted by Crippen LogP contribution is -2.31. The summed E-state index contributed by atoms with van der Waals surface area (Å²) in [5.41, 5.74) is 4.06. The molecule has 1 N–H and O–H groups in total. The van der Waals surface area contributed by atoms with Gasteiger partial charge in [-0.3, -0.25) is 4.79 Å². The number of carbonyl (C=O) groups excluding carboxylic acids is 2. The molecule has 2 aliphatic rings. The zero-order valence-electron chi connectivity index (χ0n) is 22.3. The molecule has 0 spiro atoms. The molecule has 1 aliphatic carbocycles. The Kier molecular flexibility index (Phi) is 8.16. The van der Waals surface area contributed by atoms with Crippen molar-refractivity contribution in [3.8, 4) is 11.1 Å². The number of likely N-dealkylation sites (tertiary alicyclic amines) is 1. The fourth-order valence-electron chi connectivity index (χ4n) is 5.45. The van der Waals surface area contributed by atoms with E-state index in [1.54, 1.807) is 18.2 Å². The summed E-state index contributed by atoms with van der Waals surface area (Å²) in [6.07, 6.45) is 0.396. The number of rotatable bonds is 9. The lowest BCUT2D eigenvalue weighted by molar-refractivity contribution is -0.0885. The van der Waals surface area contributed by atoms with Gasteiger partial charge in [0.2, 0.25) is 0 Å². The van der Waals surface area contributed by atoms with Crippen molar-refractivity contribution < 1.29 is 27.5 Å². The van der Waals surface area contributed by atoms with E-state index >= 15 is 0 Å². The number of benzene rings is 2. The van der Waals surface area contributed by atoms with Crippen LogP contribution in [0.1, 0.15) is 69.0 Å². The van der Waals surface area contributed by atoms with Crippen LogP contribution in [0, 0.1) is 0 Å². The first-order valence-corrected chi connectivity index (χ1v) is 13.5. The van der Waals surface area contributed by atoms with Crippen LogP contribution in [0.4, 0.5) is 19.0 Å². The predicted octanol–water partition coefficient (Wildman–Crippen LogP) is 5.46. The number of nitrogens with zero attached hydrogens (tertiary/aromatic N) is 3. The van der Waals surface area contributed by atoms with Crippen molar-refractivity contribution >= 4 is 17.6 Å². The van der Waals surface area contributed by atoms with E-state index in [0.717, 1.165) is 54.5 Å². The van der Waals surface area contributed by atoms with E-state index in [1.165, 1.54) is 38.5 Å². The van der Waals surface area contributed by atoms with Crippen molar-refractivity contribution in [2.45, 2.75) is 44.7 Å². The van der Waals surface area contributed by atoms with Crippen molar-refractivity contribution in [1.82, 2.24) is 14.9 Å². The van der Waals surface area contributed by atoms with Crippen LogP contribution in [0.25, 0.3) is 11.1 Å². The molecule has 0 unspecified atom stereocenters. The number of ketones is 1. The van der Waals surface area contributed by atoms with E-state index in [9.17, 15) is 22.8 Å². The van der Waals surface area contributed by atoms with E-state index in [2.05, 4.69) is 10.2 Å². The summed E-state index contributed by atoms with van der Waals surface area (Å²) >= 11 is 0. The Morgan fingerprint density at radius 1 is 1.02 bits per heavy atom. The number of halogens is 3. The zero-order valence-corrected chi connectivity index (χ0v) is 22.3. The van der Waals surface area contributed by atoms with Gasteiger partial charge in [-0.05, 0) is 73.8 Å². The minimum Gasteiger partial charge on any atom is -0.465 e. The summed E-state index contributed by atoms with van der Waals surface area (Å²) in [5.74, 6) is -1.20. The van der Waals surface area contributed by atoms with Gasteiger partial charge in [0.25, 0.3) is 5.78 Å². The number of esters is 1. The number of methoxy groups -OCH3 is 1. The van der Waals surface area contributed by atoms with Crippen LogP contribution in [0.3, 0.4) is 0 Å². The number of piperidine rings is 1. The van der Waals surface area contributed by atoms with Gasteiger partial charge in [0.1, 0.15) is 11.6 Å². The Labute approximate surface area is 230 Å². The van der Waals surface area contributed by atoms with E-state index in [-0.39, 0.29) is 6.42 Å². The molecule has 0 amide bonds. The fraction of sp³-hybridized carbons (Fsp3) is 0.400. The van der Waals surface area contributed by atoms with Crippen LogP contribution in [0.15, 0.2) is 42.5 Å². The summed E-state index contributed by atoms with van der Waals surface area (Å²) in [7, 11) is 1.34. The minimum absolute atomic E-state index is 0.165. The maximum Gasteiger partial charge on any atom is 0.454 e. The van der Waals surface area contributed by atoms with Gasteiger partial charge in [0, 0.05) is 30.5 Å². The lowest BCUT2D eigenvalue weighted by atomic mass is 10.0. The molecule has 10 heteroatoms. The second kappa shape index (κ2) is 11.8. The van der Waals surface area contributed by atoms with Crippen molar-refractivity contribution in [1.29, 1.82) is 0 Å². The smallest absolute Gasteiger partial charge is 0.454 e. The molecule has 0 atom stereocenters. The number of ether oxygens (including phenoxy) is 1. The Bertz CT molecular complexity index is 1420. The maximum absolute atomic E-state index is 13.0. The van der Waals surface area contributed by atoms with E-state index in [1.807, 2.05) is 6.07 Å². The summed E-state index contributed by atoms with van der Waals surface area (Å²) < 4.78 is 43.8. The third-order valence-electron chi connectivity index (χ3n) is 7.38. The molecular formula is C30H31F3N4O3. The quantitative estimate of drug-likeness (QED) is 0.168. The third-order valence-corrected chi connectivity index (χ3v) is 7.38. The molecule has 210 valence electrons. The van der Waals surface area contributed by atoms with Gasteiger partial charge >= 0.3 is 12.1 Å². The molecule has 7 nitrogen and oxygen atoms in total. The number of carbonyl (C=O) groups is 2. The van der Waals surface area contributed by atoms with Gasteiger partial charge in [-0.15, -0.1) is 0 Å². The molecule has 5 rings (SSSR count). The average molecular weight is 553 g/mol. The number of anilines is 1. The third kappa shape index (κ3) is 6.17. The van der Waals surface area contributed by atoms with Crippen LogP contribution < -0.4 is 5.32 Å². The molecular weight excluding hydrogens is 521 g/mol. The standard InChI is InChI=1S/C30H31F3N4O3/c1-40-29(39)21-9-10-23-22(17-21)18-24-26(23)28(34-11-6-14-37-12-3-2-4-13-37)36-25(35-24)16-19-7-5-8-20(15-19)27(38)30(31,32)33/h5,7-10,15,17H,2-4,6,11-14,16,18H2,1H3,(H,34,35,36). The van der Waals surface area contributed by atoms with E-state index in [4.69, 9.17) is 14.7 Å². The van der Waals surface area contributed by atoms with Gasteiger partial charge in [0.05, 0.1) is 18.4 Å². The first-order valence-electron chi connectivity index (χ1n) is 13.5. The Hall–Kier alpha value is -3.79. The molecule has 0 saturated carbocycles. The Balaban J connectivity index is 1.41. The maximum atomic E-state index is 13.0. The Morgan fingerprint density at radius 2 is 1.82 bits per heavy atom. The van der Waals surface area contributed by atoms with Crippen LogP contribution >= 0.6 is 0 Å². The van der Waals surface area contributed by atoms with Crippen molar-refractivity contribution in [2.24, 2.45) is 0 Å². The van der Waals surface area contributed by atoms with Crippen LogP contribution in [-0.4, -0.2) is 66.1 Å². The van der Waals surface area contributed by atoms with Crippen molar-refractivity contribution in [3.63, 3.8) is 0 Å². The molecule has 1 saturated heterocycles. The van der Waals surface area contributed by atoms with Gasteiger partial charge in [-0.25, -0.2) is 14.8 Å². The van der Waals surface area contributed by atoms with Gasteiger partial charge in [-0.1, -0.05) is 30.7 Å². The Morgan fingerprint density at radius 3 is 2.58 bits per heavy atom.